The predicted molar refractivity (Wildman–Crippen MR) is 240 cm³/mol. The van der Waals surface area contributed by atoms with Crippen molar-refractivity contribution >= 4 is 86.3 Å². The Hall–Kier alpha value is -4.20. The van der Waals surface area contributed by atoms with Crippen LogP contribution < -0.4 is 40.6 Å². The number of esters is 1. The molecule has 351 valence electrons. The van der Waals surface area contributed by atoms with E-state index in [1.807, 2.05) is 12.5 Å². The molecule has 0 saturated carbocycles. The quantitative estimate of drug-likeness (QED) is 0.0238. The molecule has 2 amide bonds. The van der Waals surface area contributed by atoms with Gasteiger partial charge in [-0.3, -0.25) is 14.4 Å². The Morgan fingerprint density at radius 1 is 0.797 bits per heavy atom. The number of nitrogens with two attached hydrogens (primary N) is 1. The van der Waals surface area contributed by atoms with E-state index in [2.05, 4.69) is 36.6 Å². The van der Waals surface area contributed by atoms with E-state index in [0.717, 1.165) is 6.29 Å². The van der Waals surface area contributed by atoms with Crippen molar-refractivity contribution in [2.45, 2.75) is 36.9 Å². The molecule has 5 N–H and O–H groups in total. The minimum atomic E-state index is -0.450. The fraction of sp³-hybridized carbons (Fsp3) is 0.333. The number of carbonyl (C=O) groups excluding carboxylic acids is 4. The Morgan fingerprint density at radius 3 is 1.81 bits per heavy atom. The van der Waals surface area contributed by atoms with Crippen LogP contribution in [0.15, 0.2) is 54.6 Å². The third-order valence-corrected chi connectivity index (χ3v) is 10.8. The van der Waals surface area contributed by atoms with Gasteiger partial charge in [0.15, 0.2) is 11.6 Å². The average molecular weight is 1100 g/mol. The number of aldehydes is 1. The number of benzene rings is 4. The second-order valence-corrected chi connectivity index (χ2v) is 15.2. The number of thioether (sulfide) groups is 2. The van der Waals surface area contributed by atoms with Gasteiger partial charge in [0.25, 0.3) is 0 Å². The zero-order valence-corrected chi connectivity index (χ0v) is 42.2. The molecule has 3 heterocycles. The molecule has 4 aromatic carbocycles. The van der Waals surface area contributed by atoms with Crippen LogP contribution in [0.1, 0.15) is 42.2 Å². The molecule has 4 aromatic rings. The first kappa shape index (κ1) is 59.8. The van der Waals surface area contributed by atoms with Gasteiger partial charge in [-0.2, -0.15) is 11.8 Å². The Kier molecular flexibility index (Phi) is 27.4. The van der Waals surface area contributed by atoms with E-state index in [9.17, 15) is 36.7 Å². The largest absolute Gasteiger partial charge is 0.497 e. The van der Waals surface area contributed by atoms with Crippen molar-refractivity contribution in [3.05, 3.63) is 94.6 Å². The fourth-order valence-electron chi connectivity index (χ4n) is 5.63. The molecule has 3 aliphatic rings. The summed E-state index contributed by atoms with van der Waals surface area (Å²) < 4.78 is 77.0. The number of rotatable bonds is 9. The van der Waals surface area contributed by atoms with Crippen LogP contribution in [0.5, 0.6) is 23.0 Å². The zero-order valence-electron chi connectivity index (χ0n) is 35.1. The summed E-state index contributed by atoms with van der Waals surface area (Å²) >= 11 is 6.13. The van der Waals surface area contributed by atoms with Crippen LogP contribution in [0.2, 0.25) is 0 Å². The van der Waals surface area contributed by atoms with Crippen LogP contribution in [0, 0.1) is 23.3 Å². The van der Waals surface area contributed by atoms with E-state index in [4.69, 9.17) is 24.7 Å². The van der Waals surface area contributed by atoms with Crippen molar-refractivity contribution in [3.8, 4) is 23.0 Å². The maximum atomic E-state index is 13.5. The molecule has 0 aromatic heterocycles. The average Bonchev–Trinajstić information content (AvgIpc) is 3.90. The number of nitrogens with one attached hydrogen (secondary N) is 3. The summed E-state index contributed by atoms with van der Waals surface area (Å²) in [6.45, 7) is 2.29. The summed E-state index contributed by atoms with van der Waals surface area (Å²) in [6.07, 6.45) is 4.70. The number of alkyl halides is 1. The number of halogens is 5. The molecular formula is C42H49BrCuF4N4O9S2Zn. The Balaban J connectivity index is 0.000000780. The van der Waals surface area contributed by atoms with Gasteiger partial charge in [0, 0.05) is 66.4 Å². The summed E-state index contributed by atoms with van der Waals surface area (Å²) in [6, 6.07) is 13.2. The molecule has 22 heteroatoms. The molecule has 0 bridgehead atoms. The molecule has 1 radical (unpaired) electrons. The van der Waals surface area contributed by atoms with E-state index in [1.54, 1.807) is 31.2 Å². The van der Waals surface area contributed by atoms with Gasteiger partial charge in [-0.25, -0.2) is 17.6 Å². The number of anilines is 4. The van der Waals surface area contributed by atoms with Crippen molar-refractivity contribution in [3.63, 3.8) is 0 Å². The van der Waals surface area contributed by atoms with Crippen molar-refractivity contribution in [1.29, 1.82) is 0 Å². The standard InChI is InChI=1S/C10H9BrFNO2.C10H10FNO2S.C9H8FNO2.C7H8FNO.C5H10O2S.CH4.Cu.Zn/c1-15-5-2-6-7(4-14)10(11)13-9(6)8(12)3-5;1-14-5-3-6-8(7(11)4-5)12-10(13)9(6)15-2;1-13-6-2-5-3-8(12)11-9(5)7(10)4-6;1-10-5-2-3-7(9)6(8)4-5;1-3-7-5(6)4-8-2;;;/h2-4,7,10,13H,1H3;3-4,9H,1-2H3,(H,12,13);2,4H,3H2,1H3,(H,11,12);2-4H,9H2,1H3;3-4H2,1-2H3;1H4;;. The summed E-state index contributed by atoms with van der Waals surface area (Å²) in [4.78, 5) is 43.4. The first-order chi connectivity index (χ1) is 29.1. The van der Waals surface area contributed by atoms with E-state index < -0.39 is 23.3 Å². The molecule has 0 spiro atoms. The number of methoxy groups -OCH3 is 4. The third-order valence-electron chi connectivity index (χ3n) is 8.54. The minimum Gasteiger partial charge on any atom is -0.497 e. The van der Waals surface area contributed by atoms with Gasteiger partial charge >= 0.3 is 5.97 Å². The maximum Gasteiger partial charge on any atom is 0.315 e. The number of hydrogen-bond donors (Lipinski definition) is 4. The molecule has 3 aliphatic heterocycles. The maximum absolute atomic E-state index is 13.5. The van der Waals surface area contributed by atoms with Gasteiger partial charge in [-0.05, 0) is 60.9 Å². The Labute approximate surface area is 410 Å². The van der Waals surface area contributed by atoms with E-state index in [0.29, 0.717) is 57.7 Å². The molecule has 0 fully saturated rings. The van der Waals surface area contributed by atoms with Gasteiger partial charge in [0.2, 0.25) is 11.8 Å². The SMILES string of the molecule is C.CCOC(=O)CSC.COc1cc(F)c2c(c1)C(C=O)C(Br)N2.COc1cc(F)c2c(c1)C(SC)C(=O)N2.COc1cc(F)c2c(c1)CC(=O)N2.COc1ccc(N)c(F)c1.[Cu].[Zn]. The molecule has 3 atom stereocenters. The van der Waals surface area contributed by atoms with E-state index in [-0.39, 0.29) is 101 Å². The first-order valence-corrected chi connectivity index (χ1v) is 21.5. The van der Waals surface area contributed by atoms with Crippen molar-refractivity contribution in [2.75, 3.05) is 75.0 Å². The minimum absolute atomic E-state index is 0. The normalized spacial score (nSPS) is 15.2. The topological polar surface area (TPSA) is 177 Å². The van der Waals surface area contributed by atoms with Gasteiger partial charge in [-0.15, -0.1) is 11.8 Å². The second kappa shape index (κ2) is 29.4. The number of amides is 2. The smallest absolute Gasteiger partial charge is 0.315 e. The van der Waals surface area contributed by atoms with Crippen molar-refractivity contribution < 1.29 is 97.0 Å². The number of fused-ring (bicyclic) bond motifs is 3. The van der Waals surface area contributed by atoms with Crippen LogP contribution in [-0.2, 0) is 66.9 Å². The van der Waals surface area contributed by atoms with Crippen LogP contribution in [0.25, 0.3) is 0 Å². The molecule has 64 heavy (non-hydrogen) atoms. The fourth-order valence-corrected chi connectivity index (χ4v) is 7.30. The number of ether oxygens (including phenoxy) is 5. The van der Waals surface area contributed by atoms with Gasteiger partial charge in [0.05, 0.1) is 80.8 Å². The number of hydrogen-bond acceptors (Lipinski definition) is 13. The van der Waals surface area contributed by atoms with Crippen molar-refractivity contribution in [1.82, 2.24) is 0 Å². The monoisotopic (exact) mass is 1100 g/mol. The predicted octanol–water partition coefficient (Wildman–Crippen LogP) is 8.74. The molecule has 0 aliphatic carbocycles. The summed E-state index contributed by atoms with van der Waals surface area (Å²) in [7, 11) is 5.88. The zero-order chi connectivity index (χ0) is 45.4. The van der Waals surface area contributed by atoms with Crippen LogP contribution in [0.4, 0.5) is 40.3 Å². The number of carbonyl (C=O) groups is 4. The van der Waals surface area contributed by atoms with Gasteiger partial charge < -0.3 is 50.2 Å². The Bertz CT molecular complexity index is 2180. The molecule has 7 rings (SSSR count). The molecule has 0 saturated heterocycles. The second-order valence-electron chi connectivity index (χ2n) is 12.5. The van der Waals surface area contributed by atoms with Crippen molar-refractivity contribution in [2.24, 2.45) is 0 Å². The van der Waals surface area contributed by atoms with Crippen LogP contribution >= 0.6 is 39.5 Å². The van der Waals surface area contributed by atoms with Crippen LogP contribution in [-0.4, -0.2) is 82.3 Å². The molecule has 3 unspecified atom stereocenters. The van der Waals surface area contributed by atoms with E-state index >= 15 is 0 Å². The summed E-state index contributed by atoms with van der Waals surface area (Å²) in [5.74, 6) is -0.375. The van der Waals surface area contributed by atoms with Gasteiger partial charge in [0.1, 0.15) is 46.2 Å². The summed E-state index contributed by atoms with van der Waals surface area (Å²) in [5.41, 5.74) is 8.22. The molecule has 13 nitrogen and oxygen atoms in total. The Morgan fingerprint density at radius 2 is 1.31 bits per heavy atom. The molecular weight excluding hydrogens is 1050 g/mol. The summed E-state index contributed by atoms with van der Waals surface area (Å²) in [5, 5.41) is 7.50. The van der Waals surface area contributed by atoms with E-state index in [1.165, 1.54) is 82.3 Å². The third kappa shape index (κ3) is 16.4. The van der Waals surface area contributed by atoms with Crippen LogP contribution in [0.3, 0.4) is 0 Å². The first-order valence-electron chi connectivity index (χ1n) is 17.9. The van der Waals surface area contributed by atoms with Gasteiger partial charge in [-0.1, -0.05) is 23.4 Å². The number of nitrogen functional groups attached to an aromatic ring is 1.